The van der Waals surface area contributed by atoms with E-state index in [0.717, 1.165) is 42.2 Å². The Morgan fingerprint density at radius 3 is 2.46 bits per heavy atom. The predicted molar refractivity (Wildman–Crippen MR) is 138 cm³/mol. The standard InChI is InChI=1S/C26H32N4O4S/c1-6-7-12-29-25(19-14-21(32-3)24(34-5)22(15-19)33-4)27-28-26(29)35-16-23(31)30-17(2)13-18-10-8-9-11-20(18)30/h8-11,14-15,17H,6-7,12-13,16H2,1-5H3. The number of methoxy groups -OCH3 is 3. The van der Waals surface area contributed by atoms with E-state index in [0.29, 0.717) is 23.1 Å². The lowest BCUT2D eigenvalue weighted by atomic mass is 10.1. The quantitative estimate of drug-likeness (QED) is 0.372. The fourth-order valence-electron chi connectivity index (χ4n) is 4.48. The molecule has 0 aliphatic carbocycles. The Morgan fingerprint density at radius 1 is 1.09 bits per heavy atom. The molecule has 0 N–H and O–H groups in total. The van der Waals surface area contributed by atoms with E-state index in [-0.39, 0.29) is 17.7 Å². The van der Waals surface area contributed by atoms with Crippen LogP contribution in [0.15, 0.2) is 41.6 Å². The Morgan fingerprint density at radius 2 is 1.80 bits per heavy atom. The Hall–Kier alpha value is -3.20. The predicted octanol–water partition coefficient (Wildman–Crippen LogP) is 4.84. The molecule has 1 amide bonds. The highest BCUT2D eigenvalue weighted by Crippen LogP contribution is 2.41. The number of hydrogen-bond donors (Lipinski definition) is 0. The lowest BCUT2D eigenvalue weighted by Crippen LogP contribution is -2.37. The molecule has 1 atom stereocenters. The van der Waals surface area contributed by atoms with Crippen molar-refractivity contribution in [2.24, 2.45) is 0 Å². The number of aromatic nitrogens is 3. The van der Waals surface area contributed by atoms with Crippen LogP contribution in [-0.4, -0.2) is 53.8 Å². The summed E-state index contributed by atoms with van der Waals surface area (Å²) in [6.45, 7) is 4.98. The van der Waals surface area contributed by atoms with E-state index in [1.807, 2.05) is 35.2 Å². The van der Waals surface area contributed by atoms with Crippen molar-refractivity contribution in [1.29, 1.82) is 0 Å². The average Bonchev–Trinajstić information content (AvgIpc) is 3.44. The van der Waals surface area contributed by atoms with Gasteiger partial charge in [0.25, 0.3) is 0 Å². The highest BCUT2D eigenvalue weighted by molar-refractivity contribution is 7.99. The van der Waals surface area contributed by atoms with Gasteiger partial charge in [0.1, 0.15) is 0 Å². The molecule has 1 aromatic heterocycles. The maximum Gasteiger partial charge on any atom is 0.237 e. The Bertz CT molecular complexity index is 1170. The number of benzene rings is 2. The molecule has 0 saturated heterocycles. The molecule has 2 heterocycles. The molecule has 4 rings (SSSR count). The summed E-state index contributed by atoms with van der Waals surface area (Å²) in [6.07, 6.45) is 2.87. The second-order valence-corrected chi connectivity index (χ2v) is 9.40. The van der Waals surface area contributed by atoms with Gasteiger partial charge in [-0.05, 0) is 43.5 Å². The van der Waals surface area contributed by atoms with Crippen LogP contribution in [0, 0.1) is 0 Å². The van der Waals surface area contributed by atoms with Crippen LogP contribution in [0.5, 0.6) is 17.2 Å². The molecule has 35 heavy (non-hydrogen) atoms. The van der Waals surface area contributed by atoms with Gasteiger partial charge in [-0.1, -0.05) is 43.3 Å². The molecular weight excluding hydrogens is 464 g/mol. The van der Waals surface area contributed by atoms with Crippen LogP contribution in [0.4, 0.5) is 5.69 Å². The zero-order valence-corrected chi connectivity index (χ0v) is 21.7. The van der Waals surface area contributed by atoms with Gasteiger partial charge in [0.2, 0.25) is 11.7 Å². The largest absolute Gasteiger partial charge is 0.493 e. The van der Waals surface area contributed by atoms with Gasteiger partial charge < -0.3 is 23.7 Å². The second-order valence-electron chi connectivity index (χ2n) is 8.46. The van der Waals surface area contributed by atoms with E-state index in [1.54, 1.807) is 21.3 Å². The highest BCUT2D eigenvalue weighted by atomic mass is 32.2. The third kappa shape index (κ3) is 4.96. The van der Waals surface area contributed by atoms with Gasteiger partial charge >= 0.3 is 0 Å². The van der Waals surface area contributed by atoms with E-state index < -0.39 is 0 Å². The van der Waals surface area contributed by atoms with Crippen LogP contribution < -0.4 is 19.1 Å². The van der Waals surface area contributed by atoms with Gasteiger partial charge in [-0.2, -0.15) is 0 Å². The van der Waals surface area contributed by atoms with Crippen LogP contribution in [0.2, 0.25) is 0 Å². The summed E-state index contributed by atoms with van der Waals surface area (Å²) in [5.74, 6) is 2.70. The topological polar surface area (TPSA) is 78.7 Å². The lowest BCUT2D eigenvalue weighted by molar-refractivity contribution is -0.116. The van der Waals surface area contributed by atoms with Crippen LogP contribution in [-0.2, 0) is 17.8 Å². The van der Waals surface area contributed by atoms with Crippen LogP contribution >= 0.6 is 11.8 Å². The number of carbonyl (C=O) groups is 1. The number of para-hydroxylation sites is 1. The molecule has 1 unspecified atom stereocenters. The zero-order chi connectivity index (χ0) is 24.9. The van der Waals surface area contributed by atoms with Crippen molar-refractivity contribution in [3.05, 3.63) is 42.0 Å². The van der Waals surface area contributed by atoms with Crippen LogP contribution in [0.1, 0.15) is 32.3 Å². The maximum atomic E-state index is 13.2. The summed E-state index contributed by atoms with van der Waals surface area (Å²) in [5.41, 5.74) is 3.04. The second kappa shape index (κ2) is 11.0. The number of carbonyl (C=O) groups excluding carboxylic acids is 1. The number of nitrogens with zero attached hydrogens (tertiary/aromatic N) is 4. The average molecular weight is 497 g/mol. The molecule has 0 fully saturated rings. The molecule has 0 saturated carbocycles. The van der Waals surface area contributed by atoms with Crippen molar-refractivity contribution in [1.82, 2.24) is 14.8 Å². The van der Waals surface area contributed by atoms with E-state index in [4.69, 9.17) is 14.2 Å². The first-order chi connectivity index (χ1) is 17.0. The SMILES string of the molecule is CCCCn1c(SCC(=O)N2c3ccccc3CC2C)nnc1-c1cc(OC)c(OC)c(OC)c1. The van der Waals surface area contributed by atoms with E-state index in [1.165, 1.54) is 17.3 Å². The minimum atomic E-state index is 0.0758. The van der Waals surface area contributed by atoms with Crippen LogP contribution in [0.3, 0.4) is 0 Å². The Labute approximate surface area is 210 Å². The lowest BCUT2D eigenvalue weighted by Gasteiger charge is -2.22. The number of anilines is 1. The number of hydrogen-bond acceptors (Lipinski definition) is 7. The number of fused-ring (bicyclic) bond motifs is 1. The third-order valence-electron chi connectivity index (χ3n) is 6.18. The fourth-order valence-corrected chi connectivity index (χ4v) is 5.30. The van der Waals surface area contributed by atoms with Gasteiger partial charge in [-0.3, -0.25) is 4.79 Å². The van der Waals surface area contributed by atoms with Gasteiger partial charge in [0.05, 0.1) is 27.1 Å². The molecular formula is C26H32N4O4S. The molecule has 0 radical (unpaired) electrons. The van der Waals surface area contributed by atoms with Crippen molar-refractivity contribution in [2.75, 3.05) is 32.0 Å². The summed E-state index contributed by atoms with van der Waals surface area (Å²) in [5, 5.41) is 9.66. The monoisotopic (exact) mass is 496 g/mol. The van der Waals surface area contributed by atoms with Gasteiger partial charge in [-0.25, -0.2) is 0 Å². The molecule has 1 aliphatic rings. The van der Waals surface area contributed by atoms with Crippen molar-refractivity contribution in [3.63, 3.8) is 0 Å². The number of rotatable bonds is 10. The number of thioether (sulfide) groups is 1. The van der Waals surface area contributed by atoms with Crippen LogP contribution in [0.25, 0.3) is 11.4 Å². The summed E-state index contributed by atoms with van der Waals surface area (Å²) in [6, 6.07) is 12.0. The van der Waals surface area contributed by atoms with Gasteiger partial charge in [-0.15, -0.1) is 10.2 Å². The first kappa shape index (κ1) is 24.9. The molecule has 8 nitrogen and oxygen atoms in total. The molecule has 0 bridgehead atoms. The first-order valence-electron chi connectivity index (χ1n) is 11.8. The number of amides is 1. The van der Waals surface area contributed by atoms with E-state index >= 15 is 0 Å². The van der Waals surface area contributed by atoms with Gasteiger partial charge in [0, 0.05) is 23.8 Å². The summed E-state index contributed by atoms with van der Waals surface area (Å²) in [4.78, 5) is 15.1. The van der Waals surface area contributed by atoms with E-state index in [9.17, 15) is 4.79 Å². The molecule has 0 spiro atoms. The maximum absolute atomic E-state index is 13.2. The van der Waals surface area contributed by atoms with Crippen molar-refractivity contribution < 1.29 is 19.0 Å². The normalized spacial score (nSPS) is 14.7. The zero-order valence-electron chi connectivity index (χ0n) is 20.9. The Balaban J connectivity index is 1.61. The van der Waals surface area contributed by atoms with Crippen molar-refractivity contribution in [2.45, 2.75) is 50.9 Å². The molecule has 3 aromatic rings. The highest BCUT2D eigenvalue weighted by Gasteiger charge is 2.31. The molecule has 1 aliphatic heterocycles. The molecule has 9 heteroatoms. The van der Waals surface area contributed by atoms with E-state index in [2.05, 4.69) is 34.7 Å². The summed E-state index contributed by atoms with van der Waals surface area (Å²) < 4.78 is 18.6. The Kier molecular flexibility index (Phi) is 7.85. The fraction of sp³-hybridized carbons (Fsp3) is 0.423. The third-order valence-corrected chi connectivity index (χ3v) is 7.13. The first-order valence-corrected chi connectivity index (χ1v) is 12.8. The minimum Gasteiger partial charge on any atom is -0.493 e. The summed E-state index contributed by atoms with van der Waals surface area (Å²) >= 11 is 1.42. The number of ether oxygens (including phenoxy) is 3. The molecule has 2 aromatic carbocycles. The van der Waals surface area contributed by atoms with Crippen molar-refractivity contribution >= 4 is 23.4 Å². The number of unbranched alkanes of at least 4 members (excludes halogenated alkanes) is 1. The minimum absolute atomic E-state index is 0.0758. The molecule has 186 valence electrons. The smallest absolute Gasteiger partial charge is 0.237 e. The summed E-state index contributed by atoms with van der Waals surface area (Å²) in [7, 11) is 4.76. The van der Waals surface area contributed by atoms with Gasteiger partial charge in [0.15, 0.2) is 22.5 Å². The van der Waals surface area contributed by atoms with Crippen molar-refractivity contribution in [3.8, 4) is 28.6 Å².